The molecular weight excluding hydrogens is 337 g/mol. The lowest BCUT2D eigenvalue weighted by molar-refractivity contribution is -0.140. The van der Waals surface area contributed by atoms with Crippen LogP contribution in [-0.2, 0) is 21.4 Å². The van der Waals surface area contributed by atoms with Gasteiger partial charge in [0.15, 0.2) is 0 Å². The van der Waals surface area contributed by atoms with Crippen LogP contribution in [0.2, 0.25) is 0 Å². The highest BCUT2D eigenvalue weighted by molar-refractivity contribution is 6.22. The molecule has 1 unspecified atom stereocenters. The van der Waals surface area contributed by atoms with Crippen molar-refractivity contribution in [1.29, 1.82) is 0 Å². The Morgan fingerprint density at radius 3 is 2.32 bits per heavy atom. The summed E-state index contributed by atoms with van der Waals surface area (Å²) >= 11 is 0. The second-order valence-electron chi connectivity index (χ2n) is 5.37. The van der Waals surface area contributed by atoms with Gasteiger partial charge in [-0.25, -0.2) is 9.69 Å². The Morgan fingerprint density at radius 2 is 1.72 bits per heavy atom. The summed E-state index contributed by atoms with van der Waals surface area (Å²) in [5, 5.41) is 2.42. The lowest BCUT2D eigenvalue weighted by Crippen LogP contribution is -2.45. The topological polar surface area (TPSA) is 58.6 Å². The van der Waals surface area contributed by atoms with E-state index in [0.29, 0.717) is 10.5 Å². The molecule has 2 aromatic rings. The standard InChI is InChI=1S/C17H13F3N2O3/c1-25-16(11-6-3-2-4-7-11)14(23)22(15(24)21-16)13-9-5-8-12(10-13)17(18,19)20/h2-10H,1H3,(H,21,24). The molecule has 2 aromatic carbocycles. The van der Waals surface area contributed by atoms with Gasteiger partial charge in [-0.1, -0.05) is 36.4 Å². The van der Waals surface area contributed by atoms with Gasteiger partial charge in [-0.05, 0) is 18.2 Å². The first-order valence-electron chi connectivity index (χ1n) is 7.24. The number of amides is 3. The molecular formula is C17H13F3N2O3. The average Bonchev–Trinajstić information content (AvgIpc) is 2.86. The first-order valence-corrected chi connectivity index (χ1v) is 7.24. The molecule has 1 aliphatic rings. The maximum atomic E-state index is 12.9. The summed E-state index contributed by atoms with van der Waals surface area (Å²) in [7, 11) is 1.24. The summed E-state index contributed by atoms with van der Waals surface area (Å²) < 4.78 is 44.0. The van der Waals surface area contributed by atoms with E-state index in [1.54, 1.807) is 30.3 Å². The number of nitrogens with zero attached hydrogens (tertiary/aromatic N) is 1. The number of anilines is 1. The van der Waals surface area contributed by atoms with Crippen LogP contribution in [0.25, 0.3) is 0 Å². The van der Waals surface area contributed by atoms with Crippen LogP contribution in [0.1, 0.15) is 11.1 Å². The number of benzene rings is 2. The van der Waals surface area contributed by atoms with Gasteiger partial charge in [-0.15, -0.1) is 0 Å². The Morgan fingerprint density at radius 1 is 1.04 bits per heavy atom. The molecule has 0 aromatic heterocycles. The van der Waals surface area contributed by atoms with Gasteiger partial charge in [0, 0.05) is 12.7 Å². The van der Waals surface area contributed by atoms with Gasteiger partial charge in [0.1, 0.15) is 0 Å². The molecule has 0 radical (unpaired) electrons. The fourth-order valence-electron chi connectivity index (χ4n) is 2.69. The molecule has 0 spiro atoms. The Labute approximate surface area is 141 Å². The minimum Gasteiger partial charge on any atom is -0.347 e. The van der Waals surface area contributed by atoms with Crippen LogP contribution >= 0.6 is 0 Å². The van der Waals surface area contributed by atoms with Crippen molar-refractivity contribution in [3.8, 4) is 0 Å². The fourth-order valence-corrected chi connectivity index (χ4v) is 2.69. The summed E-state index contributed by atoms with van der Waals surface area (Å²) in [4.78, 5) is 25.8. The SMILES string of the molecule is COC1(c2ccccc2)NC(=O)N(c2cccc(C(F)(F)F)c2)C1=O. The van der Waals surface area contributed by atoms with E-state index >= 15 is 0 Å². The first-order chi connectivity index (χ1) is 11.8. The summed E-state index contributed by atoms with van der Waals surface area (Å²) in [5.74, 6) is -0.814. The van der Waals surface area contributed by atoms with E-state index < -0.39 is 29.4 Å². The number of hydrogen-bond donors (Lipinski definition) is 1. The summed E-state index contributed by atoms with van der Waals surface area (Å²) in [5.41, 5.74) is -2.57. The Bertz CT molecular complexity index is 823. The van der Waals surface area contributed by atoms with Gasteiger partial charge in [0.05, 0.1) is 11.3 Å². The van der Waals surface area contributed by atoms with Crippen molar-refractivity contribution >= 4 is 17.6 Å². The van der Waals surface area contributed by atoms with Crippen molar-refractivity contribution in [1.82, 2.24) is 5.32 Å². The van der Waals surface area contributed by atoms with Crippen LogP contribution in [0.4, 0.5) is 23.7 Å². The van der Waals surface area contributed by atoms with Crippen molar-refractivity contribution in [3.05, 3.63) is 65.7 Å². The average molecular weight is 350 g/mol. The van der Waals surface area contributed by atoms with Gasteiger partial charge >= 0.3 is 12.2 Å². The van der Waals surface area contributed by atoms with E-state index in [1.807, 2.05) is 0 Å². The Balaban J connectivity index is 2.05. The summed E-state index contributed by atoms with van der Waals surface area (Å²) in [6.07, 6.45) is -4.59. The third-order valence-electron chi connectivity index (χ3n) is 3.91. The quantitative estimate of drug-likeness (QED) is 0.865. The third-order valence-corrected chi connectivity index (χ3v) is 3.91. The predicted octanol–water partition coefficient (Wildman–Crippen LogP) is 3.26. The zero-order valence-electron chi connectivity index (χ0n) is 13.0. The number of halogens is 3. The number of alkyl halides is 3. The van der Waals surface area contributed by atoms with Gasteiger partial charge in [0.25, 0.3) is 11.6 Å². The molecule has 25 heavy (non-hydrogen) atoms. The third kappa shape index (κ3) is 2.74. The number of rotatable bonds is 3. The monoisotopic (exact) mass is 350 g/mol. The molecule has 1 aliphatic heterocycles. The molecule has 5 nitrogen and oxygen atoms in total. The first kappa shape index (κ1) is 17.0. The molecule has 0 aliphatic carbocycles. The van der Waals surface area contributed by atoms with Crippen molar-refractivity contribution in [2.45, 2.75) is 11.9 Å². The van der Waals surface area contributed by atoms with Crippen LogP contribution in [-0.4, -0.2) is 19.0 Å². The van der Waals surface area contributed by atoms with Gasteiger partial charge in [-0.3, -0.25) is 10.1 Å². The van der Waals surface area contributed by atoms with Crippen LogP contribution in [0.5, 0.6) is 0 Å². The van der Waals surface area contributed by atoms with Gasteiger partial charge in [0.2, 0.25) is 0 Å². The number of nitrogens with one attached hydrogen (secondary N) is 1. The van der Waals surface area contributed by atoms with Crippen LogP contribution in [0.15, 0.2) is 54.6 Å². The highest BCUT2D eigenvalue weighted by atomic mass is 19.4. The number of methoxy groups -OCH3 is 1. The molecule has 1 fully saturated rings. The second-order valence-corrected chi connectivity index (χ2v) is 5.37. The Kier molecular flexibility index (Phi) is 4.00. The zero-order chi connectivity index (χ0) is 18.2. The van der Waals surface area contributed by atoms with Gasteiger partial charge in [-0.2, -0.15) is 13.2 Å². The molecule has 0 bridgehead atoms. The molecule has 1 atom stereocenters. The maximum Gasteiger partial charge on any atom is 0.416 e. The van der Waals surface area contributed by atoms with E-state index in [-0.39, 0.29) is 5.69 Å². The lowest BCUT2D eigenvalue weighted by Gasteiger charge is -2.25. The summed E-state index contributed by atoms with van der Waals surface area (Å²) in [6.45, 7) is 0. The zero-order valence-corrected chi connectivity index (χ0v) is 13.0. The molecule has 8 heteroatoms. The normalized spacial score (nSPS) is 20.7. The van der Waals surface area contributed by atoms with Crippen molar-refractivity contribution in [2.75, 3.05) is 12.0 Å². The van der Waals surface area contributed by atoms with E-state index in [9.17, 15) is 22.8 Å². The van der Waals surface area contributed by atoms with E-state index in [4.69, 9.17) is 4.74 Å². The number of carbonyl (C=O) groups excluding carboxylic acids is 2. The van der Waals surface area contributed by atoms with Crippen molar-refractivity contribution in [3.63, 3.8) is 0 Å². The molecule has 1 N–H and O–H groups in total. The van der Waals surface area contributed by atoms with Crippen molar-refractivity contribution in [2.24, 2.45) is 0 Å². The highest BCUT2D eigenvalue weighted by Gasteiger charge is 2.54. The number of hydrogen-bond acceptors (Lipinski definition) is 3. The van der Waals surface area contributed by atoms with E-state index in [1.165, 1.54) is 13.2 Å². The molecule has 130 valence electrons. The Hall–Kier alpha value is -2.87. The van der Waals surface area contributed by atoms with E-state index in [2.05, 4.69) is 5.32 Å². The number of imide groups is 1. The number of ether oxygens (including phenoxy) is 1. The molecule has 3 amide bonds. The second kappa shape index (κ2) is 5.89. The van der Waals surface area contributed by atoms with Crippen LogP contribution in [0.3, 0.4) is 0 Å². The minimum atomic E-state index is -4.59. The molecule has 1 heterocycles. The van der Waals surface area contributed by atoms with Crippen molar-refractivity contribution < 1.29 is 27.5 Å². The van der Waals surface area contributed by atoms with Gasteiger partial charge < -0.3 is 4.74 Å². The number of carbonyl (C=O) groups is 2. The van der Waals surface area contributed by atoms with Crippen LogP contribution in [0, 0.1) is 0 Å². The summed E-state index contributed by atoms with van der Waals surface area (Å²) in [6, 6.07) is 11.3. The molecule has 3 rings (SSSR count). The van der Waals surface area contributed by atoms with Crippen LogP contribution < -0.4 is 10.2 Å². The highest BCUT2D eigenvalue weighted by Crippen LogP contribution is 2.36. The minimum absolute atomic E-state index is 0.188. The fraction of sp³-hybridized carbons (Fsp3) is 0.176. The molecule has 0 saturated carbocycles. The van der Waals surface area contributed by atoms with E-state index in [0.717, 1.165) is 18.2 Å². The predicted molar refractivity (Wildman–Crippen MR) is 82.6 cm³/mol. The smallest absolute Gasteiger partial charge is 0.347 e. The lowest BCUT2D eigenvalue weighted by atomic mass is 10.0. The largest absolute Gasteiger partial charge is 0.416 e. The molecule has 1 saturated heterocycles. The number of urea groups is 1. The maximum absolute atomic E-state index is 12.9.